The Kier molecular flexibility index (Phi) is 3.56. The number of benzene rings is 1. The molecule has 0 aliphatic heterocycles. The van der Waals surface area contributed by atoms with Gasteiger partial charge in [-0.1, -0.05) is 17.3 Å². The van der Waals surface area contributed by atoms with Gasteiger partial charge in [-0.25, -0.2) is 18.4 Å². The first-order valence-corrected chi connectivity index (χ1v) is 9.57. The van der Waals surface area contributed by atoms with Gasteiger partial charge in [0.15, 0.2) is 15.7 Å². The normalized spacial score (nSPS) is 15.0. The van der Waals surface area contributed by atoms with Crippen molar-refractivity contribution in [2.75, 3.05) is 0 Å². The fraction of sp³-hybridized carbons (Fsp3) is 0.375. The lowest BCUT2D eigenvalue weighted by atomic mass is 10.2. The molecule has 0 N–H and O–H groups in total. The maximum atomic E-state index is 12.5. The van der Waals surface area contributed by atoms with Gasteiger partial charge >= 0.3 is 0 Å². The van der Waals surface area contributed by atoms with Gasteiger partial charge in [0, 0.05) is 5.92 Å². The highest BCUT2D eigenvalue weighted by Gasteiger charge is 2.29. The minimum absolute atomic E-state index is 0.142. The molecule has 8 heteroatoms. The molecule has 4 rings (SSSR count). The quantitative estimate of drug-likeness (QED) is 0.700. The summed E-state index contributed by atoms with van der Waals surface area (Å²) in [4.78, 5) is 13.0. The van der Waals surface area contributed by atoms with Crippen LogP contribution < -0.4 is 0 Å². The Hall–Kier alpha value is -2.35. The van der Waals surface area contributed by atoms with Gasteiger partial charge in [-0.3, -0.25) is 0 Å². The monoisotopic (exact) mass is 344 g/mol. The SMILES string of the molecule is Cc1nc2ccccc2nc1CS(=O)(=O)Cc1nc(C2CC2)no1. The molecule has 0 saturated heterocycles. The van der Waals surface area contributed by atoms with Gasteiger partial charge in [-0.2, -0.15) is 4.98 Å². The largest absolute Gasteiger partial charge is 0.338 e. The molecule has 2 aromatic heterocycles. The van der Waals surface area contributed by atoms with Crippen LogP contribution in [0.25, 0.3) is 11.0 Å². The average molecular weight is 344 g/mol. The van der Waals surface area contributed by atoms with E-state index in [1.807, 2.05) is 24.3 Å². The van der Waals surface area contributed by atoms with Crippen LogP contribution in [0.1, 0.15) is 41.9 Å². The van der Waals surface area contributed by atoms with Crippen molar-refractivity contribution in [2.24, 2.45) is 0 Å². The van der Waals surface area contributed by atoms with Crippen LogP contribution in [0.2, 0.25) is 0 Å². The van der Waals surface area contributed by atoms with Gasteiger partial charge < -0.3 is 4.52 Å². The van der Waals surface area contributed by atoms with Gasteiger partial charge in [0.2, 0.25) is 5.89 Å². The van der Waals surface area contributed by atoms with E-state index in [-0.39, 0.29) is 17.4 Å². The first-order valence-electron chi connectivity index (χ1n) is 7.75. The first-order chi connectivity index (χ1) is 11.5. The first kappa shape index (κ1) is 15.2. The van der Waals surface area contributed by atoms with Crippen LogP contribution in [-0.4, -0.2) is 28.5 Å². The standard InChI is InChI=1S/C16H16N4O3S/c1-10-14(18-13-5-3-2-4-12(13)17-10)8-24(21,22)9-15-19-16(20-23-15)11-6-7-11/h2-5,11H,6-9H2,1H3. The smallest absolute Gasteiger partial charge is 0.241 e. The van der Waals surface area contributed by atoms with E-state index in [2.05, 4.69) is 20.1 Å². The van der Waals surface area contributed by atoms with E-state index >= 15 is 0 Å². The molecule has 1 aliphatic rings. The molecule has 1 aliphatic carbocycles. The van der Waals surface area contributed by atoms with Gasteiger partial charge in [-0.15, -0.1) is 0 Å². The van der Waals surface area contributed by atoms with E-state index in [9.17, 15) is 8.42 Å². The summed E-state index contributed by atoms with van der Waals surface area (Å²) in [5, 5.41) is 3.85. The van der Waals surface area contributed by atoms with E-state index < -0.39 is 9.84 Å². The van der Waals surface area contributed by atoms with Crippen molar-refractivity contribution < 1.29 is 12.9 Å². The van der Waals surface area contributed by atoms with E-state index in [1.165, 1.54) is 0 Å². The third kappa shape index (κ3) is 3.14. The van der Waals surface area contributed by atoms with Crippen LogP contribution in [0.4, 0.5) is 0 Å². The molecule has 0 bridgehead atoms. The van der Waals surface area contributed by atoms with Gasteiger partial charge in [0.1, 0.15) is 5.75 Å². The van der Waals surface area contributed by atoms with Crippen LogP contribution in [-0.2, 0) is 21.3 Å². The summed E-state index contributed by atoms with van der Waals surface area (Å²) < 4.78 is 30.0. The van der Waals surface area contributed by atoms with Crippen molar-refractivity contribution >= 4 is 20.9 Å². The summed E-state index contributed by atoms with van der Waals surface area (Å²) in [7, 11) is -3.47. The number of para-hydroxylation sites is 2. The number of rotatable bonds is 5. The van der Waals surface area contributed by atoms with Crippen LogP contribution in [0.15, 0.2) is 28.8 Å². The highest BCUT2D eigenvalue weighted by molar-refractivity contribution is 7.89. The third-order valence-corrected chi connectivity index (χ3v) is 5.37. The average Bonchev–Trinajstić information content (AvgIpc) is 3.28. The van der Waals surface area contributed by atoms with Crippen LogP contribution in [0, 0.1) is 6.92 Å². The summed E-state index contributed by atoms with van der Waals surface area (Å²) in [5.74, 6) is 0.613. The third-order valence-electron chi connectivity index (χ3n) is 3.97. The Morgan fingerprint density at radius 3 is 2.50 bits per heavy atom. The lowest BCUT2D eigenvalue weighted by Gasteiger charge is -2.06. The molecule has 3 aromatic rings. The molecule has 1 fully saturated rings. The van der Waals surface area contributed by atoms with E-state index in [0.29, 0.717) is 28.6 Å². The van der Waals surface area contributed by atoms with E-state index in [1.54, 1.807) is 6.92 Å². The van der Waals surface area contributed by atoms with Crippen LogP contribution >= 0.6 is 0 Å². The van der Waals surface area contributed by atoms with Gasteiger partial charge in [-0.05, 0) is 31.9 Å². The fourth-order valence-corrected chi connectivity index (χ4v) is 3.83. The highest BCUT2D eigenvalue weighted by atomic mass is 32.2. The second-order valence-corrected chi connectivity index (χ2v) is 8.16. The molecule has 2 heterocycles. The number of aromatic nitrogens is 4. The van der Waals surface area contributed by atoms with Crippen molar-refractivity contribution in [3.05, 3.63) is 47.4 Å². The number of nitrogens with zero attached hydrogens (tertiary/aromatic N) is 4. The Labute approximate surface area is 139 Å². The Bertz CT molecular complexity index is 1010. The van der Waals surface area contributed by atoms with Crippen molar-refractivity contribution in [1.29, 1.82) is 0 Å². The Morgan fingerprint density at radius 2 is 1.79 bits per heavy atom. The van der Waals surface area contributed by atoms with Crippen molar-refractivity contribution in [2.45, 2.75) is 37.2 Å². The van der Waals surface area contributed by atoms with Crippen LogP contribution in [0.5, 0.6) is 0 Å². The lowest BCUT2D eigenvalue weighted by molar-refractivity contribution is 0.382. The molecular formula is C16H16N4O3S. The van der Waals surface area contributed by atoms with Gasteiger partial charge in [0.25, 0.3) is 0 Å². The summed E-state index contributed by atoms with van der Waals surface area (Å²) in [5.41, 5.74) is 2.50. The molecule has 24 heavy (non-hydrogen) atoms. The second kappa shape index (κ2) is 5.62. The Morgan fingerprint density at radius 1 is 1.08 bits per heavy atom. The predicted molar refractivity (Wildman–Crippen MR) is 86.9 cm³/mol. The molecule has 0 atom stereocenters. The van der Waals surface area contributed by atoms with Crippen molar-refractivity contribution in [3.63, 3.8) is 0 Å². The molecule has 124 valence electrons. The molecule has 0 radical (unpaired) electrons. The Balaban J connectivity index is 1.57. The maximum Gasteiger partial charge on any atom is 0.241 e. The summed E-state index contributed by atoms with van der Waals surface area (Å²) in [6, 6.07) is 7.39. The molecule has 1 aromatic carbocycles. The zero-order chi connectivity index (χ0) is 16.7. The van der Waals surface area contributed by atoms with Gasteiger partial charge in [0.05, 0.1) is 28.2 Å². The number of sulfone groups is 1. The number of fused-ring (bicyclic) bond motifs is 1. The number of hydrogen-bond donors (Lipinski definition) is 0. The number of hydrogen-bond acceptors (Lipinski definition) is 7. The van der Waals surface area contributed by atoms with Crippen molar-refractivity contribution in [3.8, 4) is 0 Å². The molecule has 0 amide bonds. The predicted octanol–water partition coefficient (Wildman–Crippen LogP) is 2.31. The van der Waals surface area contributed by atoms with E-state index in [4.69, 9.17) is 4.52 Å². The minimum Gasteiger partial charge on any atom is -0.338 e. The summed E-state index contributed by atoms with van der Waals surface area (Å²) in [6.07, 6.45) is 2.08. The van der Waals surface area contributed by atoms with Crippen molar-refractivity contribution in [1.82, 2.24) is 20.1 Å². The topological polar surface area (TPSA) is 98.8 Å². The molecular weight excluding hydrogens is 328 g/mol. The lowest BCUT2D eigenvalue weighted by Crippen LogP contribution is -2.11. The van der Waals surface area contributed by atoms with E-state index in [0.717, 1.165) is 18.4 Å². The maximum absolute atomic E-state index is 12.5. The fourth-order valence-electron chi connectivity index (χ4n) is 2.54. The molecule has 0 unspecified atom stereocenters. The highest BCUT2D eigenvalue weighted by Crippen LogP contribution is 2.38. The minimum atomic E-state index is -3.47. The second-order valence-electron chi connectivity index (χ2n) is 6.10. The zero-order valence-electron chi connectivity index (χ0n) is 13.1. The van der Waals surface area contributed by atoms with Crippen LogP contribution in [0.3, 0.4) is 0 Å². The number of aryl methyl sites for hydroxylation is 1. The zero-order valence-corrected chi connectivity index (χ0v) is 14.0. The molecule has 0 spiro atoms. The molecule has 1 saturated carbocycles. The summed E-state index contributed by atoms with van der Waals surface area (Å²) in [6.45, 7) is 1.77. The molecule has 7 nitrogen and oxygen atoms in total. The summed E-state index contributed by atoms with van der Waals surface area (Å²) >= 11 is 0.